The molecule has 0 bridgehead atoms. The van der Waals surface area contributed by atoms with Crippen LogP contribution in [-0.2, 0) is 0 Å². The Labute approximate surface area is 113 Å². The molecular weight excluding hydrogens is 272 g/mol. The first-order chi connectivity index (χ1) is 9.52. The molecule has 0 aromatic heterocycles. The van der Waals surface area contributed by atoms with Crippen LogP contribution < -0.4 is 4.74 Å². The topological polar surface area (TPSA) is 9.23 Å². The van der Waals surface area contributed by atoms with Crippen LogP contribution in [0, 0.1) is 29.3 Å². The standard InChI is InChI=1S/C15H9F4O/c1-2-5-20-10-7-13(18)15(14(19)8-10)11-6-9(16)3-4-12(11)17/h2-3,6-8H,1,5H2. The van der Waals surface area contributed by atoms with E-state index in [2.05, 4.69) is 6.58 Å². The van der Waals surface area contributed by atoms with Gasteiger partial charge in [-0.1, -0.05) is 12.7 Å². The van der Waals surface area contributed by atoms with E-state index in [1.807, 2.05) is 6.07 Å². The van der Waals surface area contributed by atoms with E-state index in [0.717, 1.165) is 18.2 Å². The van der Waals surface area contributed by atoms with Crippen LogP contribution in [0.1, 0.15) is 0 Å². The summed E-state index contributed by atoms with van der Waals surface area (Å²) >= 11 is 0. The van der Waals surface area contributed by atoms with Crippen molar-refractivity contribution < 1.29 is 22.3 Å². The highest BCUT2D eigenvalue weighted by molar-refractivity contribution is 5.66. The molecule has 0 amide bonds. The fraction of sp³-hybridized carbons (Fsp3) is 0.0667. The van der Waals surface area contributed by atoms with Crippen molar-refractivity contribution in [2.24, 2.45) is 0 Å². The van der Waals surface area contributed by atoms with Crippen molar-refractivity contribution in [2.45, 2.75) is 0 Å². The number of hydrogen-bond acceptors (Lipinski definition) is 1. The number of halogens is 4. The molecule has 0 aliphatic rings. The molecule has 0 heterocycles. The lowest BCUT2D eigenvalue weighted by Gasteiger charge is -2.09. The summed E-state index contributed by atoms with van der Waals surface area (Å²) in [7, 11) is 0. The third-order valence-electron chi connectivity index (χ3n) is 2.51. The minimum Gasteiger partial charge on any atom is -0.489 e. The molecule has 0 aliphatic carbocycles. The molecule has 5 heteroatoms. The lowest BCUT2D eigenvalue weighted by atomic mass is 10.0. The maximum atomic E-state index is 13.9. The molecule has 0 aliphatic heterocycles. The molecule has 0 spiro atoms. The average Bonchev–Trinajstić information content (AvgIpc) is 2.39. The predicted octanol–water partition coefficient (Wildman–Crippen LogP) is 4.27. The highest BCUT2D eigenvalue weighted by Crippen LogP contribution is 2.31. The predicted molar refractivity (Wildman–Crippen MR) is 66.2 cm³/mol. The van der Waals surface area contributed by atoms with Crippen LogP contribution in [-0.4, -0.2) is 6.61 Å². The van der Waals surface area contributed by atoms with E-state index in [-0.39, 0.29) is 12.4 Å². The number of ether oxygens (including phenoxy) is 1. The van der Waals surface area contributed by atoms with Crippen molar-refractivity contribution in [2.75, 3.05) is 6.61 Å². The zero-order valence-corrected chi connectivity index (χ0v) is 10.2. The zero-order chi connectivity index (χ0) is 14.7. The summed E-state index contributed by atoms with van der Waals surface area (Å²) in [4.78, 5) is 0. The Hall–Kier alpha value is -2.30. The highest BCUT2D eigenvalue weighted by atomic mass is 19.1. The van der Waals surface area contributed by atoms with Crippen molar-refractivity contribution in [1.82, 2.24) is 0 Å². The lowest BCUT2D eigenvalue weighted by molar-refractivity contribution is 0.358. The molecule has 0 atom stereocenters. The fourth-order valence-electron chi connectivity index (χ4n) is 1.68. The van der Waals surface area contributed by atoms with Gasteiger partial charge in [-0.25, -0.2) is 17.6 Å². The summed E-state index contributed by atoms with van der Waals surface area (Å²) in [5, 5.41) is 0. The Morgan fingerprint density at radius 3 is 2.35 bits per heavy atom. The van der Waals surface area contributed by atoms with Gasteiger partial charge in [0.05, 0.1) is 5.56 Å². The van der Waals surface area contributed by atoms with Crippen LogP contribution in [0.15, 0.2) is 36.9 Å². The van der Waals surface area contributed by atoms with Crippen LogP contribution in [0.4, 0.5) is 17.6 Å². The minimum absolute atomic E-state index is 0.0653. The summed E-state index contributed by atoms with van der Waals surface area (Å²) in [6, 6.07) is 5.19. The van der Waals surface area contributed by atoms with Gasteiger partial charge in [0.2, 0.25) is 0 Å². The maximum Gasteiger partial charge on any atom is 0.139 e. The zero-order valence-electron chi connectivity index (χ0n) is 10.2. The molecule has 0 fully saturated rings. The fourth-order valence-corrected chi connectivity index (χ4v) is 1.68. The van der Waals surface area contributed by atoms with Crippen molar-refractivity contribution >= 4 is 0 Å². The molecular formula is C15H9F4O. The Kier molecular flexibility index (Phi) is 4.08. The van der Waals surface area contributed by atoms with Crippen LogP contribution in [0.5, 0.6) is 5.75 Å². The molecule has 103 valence electrons. The molecule has 2 rings (SSSR count). The van der Waals surface area contributed by atoms with Gasteiger partial charge in [0.1, 0.15) is 35.6 Å². The van der Waals surface area contributed by atoms with Gasteiger partial charge in [0, 0.05) is 23.8 Å². The average molecular weight is 281 g/mol. The maximum absolute atomic E-state index is 13.9. The van der Waals surface area contributed by atoms with Crippen molar-refractivity contribution in [3.63, 3.8) is 0 Å². The SMILES string of the molecule is C=CCOc1cc(F)c(-c2cc(F)c[c]c2F)c(F)c1. The number of hydrogen-bond donors (Lipinski definition) is 0. The summed E-state index contributed by atoms with van der Waals surface area (Å²) < 4.78 is 59.3. The monoisotopic (exact) mass is 281 g/mol. The molecule has 2 aromatic carbocycles. The quantitative estimate of drug-likeness (QED) is 0.600. The molecule has 0 N–H and O–H groups in total. The van der Waals surface area contributed by atoms with Crippen LogP contribution >= 0.6 is 0 Å². The molecule has 0 saturated heterocycles. The van der Waals surface area contributed by atoms with Crippen LogP contribution in [0.25, 0.3) is 11.1 Å². The molecule has 1 nitrogen and oxygen atoms in total. The Bertz CT molecular complexity index is 629. The molecule has 1 radical (unpaired) electrons. The normalized spacial score (nSPS) is 10.4. The Morgan fingerprint density at radius 2 is 1.75 bits per heavy atom. The molecule has 0 unspecified atom stereocenters. The van der Waals surface area contributed by atoms with Gasteiger partial charge in [-0.2, -0.15) is 0 Å². The van der Waals surface area contributed by atoms with Gasteiger partial charge < -0.3 is 4.74 Å². The van der Waals surface area contributed by atoms with Crippen LogP contribution in [0.3, 0.4) is 0 Å². The van der Waals surface area contributed by atoms with Gasteiger partial charge in [0.15, 0.2) is 0 Å². The molecule has 2 aromatic rings. The third-order valence-corrected chi connectivity index (χ3v) is 2.51. The first-order valence-corrected chi connectivity index (χ1v) is 5.62. The second-order valence-electron chi connectivity index (χ2n) is 3.91. The van der Waals surface area contributed by atoms with E-state index < -0.39 is 34.4 Å². The van der Waals surface area contributed by atoms with Gasteiger partial charge in [-0.05, 0) is 12.1 Å². The van der Waals surface area contributed by atoms with E-state index in [0.29, 0.717) is 6.07 Å². The lowest BCUT2D eigenvalue weighted by Crippen LogP contribution is -1.98. The first-order valence-electron chi connectivity index (χ1n) is 5.62. The van der Waals surface area contributed by atoms with E-state index in [9.17, 15) is 17.6 Å². The Morgan fingerprint density at radius 1 is 1.10 bits per heavy atom. The largest absolute Gasteiger partial charge is 0.489 e. The number of benzene rings is 2. The van der Waals surface area contributed by atoms with E-state index >= 15 is 0 Å². The van der Waals surface area contributed by atoms with Gasteiger partial charge in [-0.15, -0.1) is 0 Å². The third kappa shape index (κ3) is 2.82. The van der Waals surface area contributed by atoms with Crippen molar-refractivity contribution in [1.29, 1.82) is 0 Å². The van der Waals surface area contributed by atoms with E-state index in [1.54, 1.807) is 0 Å². The summed E-state index contributed by atoms with van der Waals surface area (Å²) in [5.74, 6) is -4.05. The van der Waals surface area contributed by atoms with Gasteiger partial charge >= 0.3 is 0 Å². The summed E-state index contributed by atoms with van der Waals surface area (Å²) in [6.45, 7) is 3.47. The molecule has 20 heavy (non-hydrogen) atoms. The second kappa shape index (κ2) is 5.77. The van der Waals surface area contributed by atoms with E-state index in [1.165, 1.54) is 6.08 Å². The molecule has 0 saturated carbocycles. The van der Waals surface area contributed by atoms with Crippen molar-refractivity contribution in [3.05, 3.63) is 66.3 Å². The highest BCUT2D eigenvalue weighted by Gasteiger charge is 2.18. The summed E-state index contributed by atoms with van der Waals surface area (Å²) in [6.07, 6.45) is 1.41. The minimum atomic E-state index is -1.05. The van der Waals surface area contributed by atoms with Crippen LogP contribution in [0.2, 0.25) is 0 Å². The van der Waals surface area contributed by atoms with E-state index in [4.69, 9.17) is 4.74 Å². The van der Waals surface area contributed by atoms with Gasteiger partial charge in [-0.3, -0.25) is 0 Å². The number of rotatable bonds is 4. The second-order valence-corrected chi connectivity index (χ2v) is 3.91. The summed E-state index contributed by atoms with van der Waals surface area (Å²) in [5.41, 5.74) is -1.19. The van der Waals surface area contributed by atoms with Gasteiger partial charge in [0.25, 0.3) is 0 Å². The first kappa shape index (κ1) is 14.1. The van der Waals surface area contributed by atoms with Crippen molar-refractivity contribution in [3.8, 4) is 16.9 Å². The smallest absolute Gasteiger partial charge is 0.139 e. The Balaban J connectivity index is 2.52.